The molecule has 0 fully saturated rings. The van der Waals surface area contributed by atoms with Gasteiger partial charge in [-0.15, -0.1) is 11.3 Å². The van der Waals surface area contributed by atoms with E-state index in [-0.39, 0.29) is 21.6 Å². The zero-order valence-electron chi connectivity index (χ0n) is 17.0. The molecule has 0 unspecified atom stereocenters. The number of carbonyl (C=O) groups excluding carboxylic acids is 2. The minimum Gasteiger partial charge on any atom is -0.456 e. The average molecular weight is 470 g/mol. The molecule has 0 aliphatic heterocycles. The lowest BCUT2D eigenvalue weighted by atomic mass is 10.1. The third kappa shape index (κ3) is 4.56. The van der Waals surface area contributed by atoms with Crippen molar-refractivity contribution >= 4 is 56.2 Å². The fraction of sp³-hybridized carbons (Fsp3) is 0.0870. The number of fused-ring (bicyclic) bond motifs is 1. The van der Waals surface area contributed by atoms with Crippen LogP contribution < -0.4 is 10.7 Å². The number of aryl methyl sites for hydroxylation is 1. The Hall–Kier alpha value is -3.49. The molecule has 0 aliphatic carbocycles. The van der Waals surface area contributed by atoms with Gasteiger partial charge in [0, 0.05) is 15.8 Å². The summed E-state index contributed by atoms with van der Waals surface area (Å²) >= 11 is 7.38. The van der Waals surface area contributed by atoms with Crippen LogP contribution in [0.15, 0.2) is 64.1 Å². The van der Waals surface area contributed by atoms with Crippen molar-refractivity contribution in [2.24, 2.45) is 5.10 Å². The predicted octanol–water partition coefficient (Wildman–Crippen LogP) is 6.00. The van der Waals surface area contributed by atoms with Gasteiger partial charge in [0.2, 0.25) is 0 Å². The number of furan rings is 1. The highest BCUT2D eigenvalue weighted by Gasteiger charge is 2.17. The molecule has 32 heavy (non-hydrogen) atoms. The number of hydrogen-bond acceptors (Lipinski definition) is 5. The van der Waals surface area contributed by atoms with E-state index in [1.165, 1.54) is 12.1 Å². The van der Waals surface area contributed by atoms with Crippen molar-refractivity contribution in [3.8, 4) is 0 Å². The molecule has 0 bridgehead atoms. The molecule has 2 amide bonds. The summed E-state index contributed by atoms with van der Waals surface area (Å²) in [4.78, 5) is 25.1. The Balaban J connectivity index is 1.48. The molecule has 2 N–H and O–H groups in total. The number of nitrogens with zero attached hydrogens (tertiary/aromatic N) is 1. The van der Waals surface area contributed by atoms with E-state index in [1.54, 1.807) is 56.3 Å². The third-order valence-electron chi connectivity index (χ3n) is 4.63. The van der Waals surface area contributed by atoms with Gasteiger partial charge in [-0.3, -0.25) is 9.59 Å². The molecule has 4 aromatic rings. The number of amides is 2. The molecule has 2 heterocycles. The molecule has 9 heteroatoms. The van der Waals surface area contributed by atoms with E-state index < -0.39 is 11.7 Å². The number of benzene rings is 2. The zero-order valence-corrected chi connectivity index (χ0v) is 18.6. The van der Waals surface area contributed by atoms with Crippen LogP contribution in [0.2, 0.25) is 5.02 Å². The van der Waals surface area contributed by atoms with E-state index in [4.69, 9.17) is 16.0 Å². The van der Waals surface area contributed by atoms with E-state index in [9.17, 15) is 14.0 Å². The van der Waals surface area contributed by atoms with Crippen LogP contribution in [0.4, 0.5) is 10.1 Å². The Bertz CT molecular complexity index is 1380. The average Bonchev–Trinajstić information content (AvgIpc) is 3.35. The Morgan fingerprint density at radius 1 is 1.09 bits per heavy atom. The van der Waals surface area contributed by atoms with Gasteiger partial charge in [0.1, 0.15) is 16.5 Å². The summed E-state index contributed by atoms with van der Waals surface area (Å²) in [5.74, 6) is -0.398. The number of thiophene rings is 1. The Kier molecular flexibility index (Phi) is 6.07. The fourth-order valence-electron chi connectivity index (χ4n) is 3.01. The minimum atomic E-state index is -0.492. The zero-order chi connectivity index (χ0) is 22.8. The Morgan fingerprint density at radius 2 is 1.91 bits per heavy atom. The second kappa shape index (κ2) is 8.94. The van der Waals surface area contributed by atoms with Crippen LogP contribution in [-0.2, 0) is 0 Å². The van der Waals surface area contributed by atoms with Crippen molar-refractivity contribution in [2.75, 3.05) is 5.32 Å². The monoisotopic (exact) mass is 469 g/mol. The number of hydrazone groups is 1. The van der Waals surface area contributed by atoms with Crippen LogP contribution >= 0.6 is 22.9 Å². The van der Waals surface area contributed by atoms with E-state index in [0.29, 0.717) is 32.8 Å². The molecule has 0 saturated heterocycles. The second-order valence-electron chi connectivity index (χ2n) is 6.97. The summed E-state index contributed by atoms with van der Waals surface area (Å²) in [5.41, 5.74) is 4.25. The van der Waals surface area contributed by atoms with Crippen LogP contribution in [0.3, 0.4) is 0 Å². The van der Waals surface area contributed by atoms with Gasteiger partial charge in [0.05, 0.1) is 10.7 Å². The van der Waals surface area contributed by atoms with Gasteiger partial charge in [0.25, 0.3) is 11.8 Å². The van der Waals surface area contributed by atoms with Crippen molar-refractivity contribution < 1.29 is 18.4 Å². The summed E-state index contributed by atoms with van der Waals surface area (Å²) in [6.07, 6.45) is 0. The van der Waals surface area contributed by atoms with Crippen molar-refractivity contribution in [3.05, 3.63) is 87.4 Å². The van der Waals surface area contributed by atoms with Gasteiger partial charge < -0.3 is 9.73 Å². The first-order valence-corrected chi connectivity index (χ1v) is 10.7. The molecule has 6 nitrogen and oxygen atoms in total. The highest BCUT2D eigenvalue weighted by atomic mass is 35.5. The molecular weight excluding hydrogens is 453 g/mol. The van der Waals surface area contributed by atoms with Gasteiger partial charge in [0.15, 0.2) is 5.76 Å². The molecular formula is C23H17ClFN3O3S. The molecule has 0 aliphatic rings. The lowest BCUT2D eigenvalue weighted by Crippen LogP contribution is -2.18. The maximum Gasteiger partial charge on any atom is 0.291 e. The summed E-state index contributed by atoms with van der Waals surface area (Å²) in [6.45, 7) is 3.48. The van der Waals surface area contributed by atoms with Crippen molar-refractivity contribution in [1.29, 1.82) is 0 Å². The topological polar surface area (TPSA) is 83.7 Å². The van der Waals surface area contributed by atoms with Crippen LogP contribution in [0.1, 0.15) is 38.5 Å². The maximum absolute atomic E-state index is 13.4. The molecule has 0 atom stereocenters. The summed E-state index contributed by atoms with van der Waals surface area (Å²) in [7, 11) is 0. The van der Waals surface area contributed by atoms with Gasteiger partial charge in [-0.25, -0.2) is 9.82 Å². The van der Waals surface area contributed by atoms with Crippen LogP contribution in [0.5, 0.6) is 0 Å². The van der Waals surface area contributed by atoms with Crippen LogP contribution in [0, 0.1) is 12.7 Å². The van der Waals surface area contributed by atoms with Crippen molar-refractivity contribution in [1.82, 2.24) is 5.43 Å². The SMILES string of the molecule is CC(=NNC(=O)c1sc2cc(F)ccc2c1Cl)c1cccc(NC(=O)c2ccc(C)o2)c1. The van der Waals surface area contributed by atoms with E-state index in [2.05, 4.69) is 15.8 Å². The second-order valence-corrected chi connectivity index (χ2v) is 8.40. The maximum atomic E-state index is 13.4. The molecule has 2 aromatic heterocycles. The standard InChI is InChI=1S/C23H17ClFN3O3S/c1-12-6-9-18(31-12)22(29)26-16-5-3-4-14(10-16)13(2)27-28-23(30)21-20(24)17-8-7-15(25)11-19(17)32-21/h3-11H,1-2H3,(H,26,29)(H,28,30). The first kappa shape index (κ1) is 21.7. The predicted molar refractivity (Wildman–Crippen MR) is 124 cm³/mol. The normalized spacial score (nSPS) is 11.6. The fourth-order valence-corrected chi connectivity index (χ4v) is 4.44. The molecule has 0 radical (unpaired) electrons. The van der Waals surface area contributed by atoms with Crippen LogP contribution in [-0.4, -0.2) is 17.5 Å². The quantitative estimate of drug-likeness (QED) is 0.277. The van der Waals surface area contributed by atoms with Crippen LogP contribution in [0.25, 0.3) is 10.1 Å². The van der Waals surface area contributed by atoms with E-state index in [1.807, 2.05) is 0 Å². The van der Waals surface area contributed by atoms with E-state index in [0.717, 1.165) is 11.3 Å². The first-order chi connectivity index (χ1) is 15.3. The first-order valence-electron chi connectivity index (χ1n) is 9.52. The largest absolute Gasteiger partial charge is 0.456 e. The molecule has 0 saturated carbocycles. The van der Waals surface area contributed by atoms with Gasteiger partial charge in [-0.1, -0.05) is 23.7 Å². The summed E-state index contributed by atoms with van der Waals surface area (Å²) in [6, 6.07) is 14.5. The Morgan fingerprint density at radius 3 is 2.66 bits per heavy atom. The van der Waals surface area contributed by atoms with Gasteiger partial charge in [-0.2, -0.15) is 5.10 Å². The Labute approximate surface area is 191 Å². The highest BCUT2D eigenvalue weighted by Crippen LogP contribution is 2.35. The number of rotatable bonds is 5. The minimum absolute atomic E-state index is 0.214. The number of hydrogen-bond donors (Lipinski definition) is 2. The summed E-state index contributed by atoms with van der Waals surface area (Å²) in [5, 5.41) is 7.77. The molecule has 2 aromatic carbocycles. The van der Waals surface area contributed by atoms with Gasteiger partial charge in [-0.05, 0) is 61.9 Å². The van der Waals surface area contributed by atoms with Crippen molar-refractivity contribution in [2.45, 2.75) is 13.8 Å². The smallest absolute Gasteiger partial charge is 0.291 e. The third-order valence-corrected chi connectivity index (χ3v) is 6.28. The van der Waals surface area contributed by atoms with Gasteiger partial charge >= 0.3 is 0 Å². The highest BCUT2D eigenvalue weighted by molar-refractivity contribution is 7.21. The number of anilines is 1. The number of nitrogens with one attached hydrogen (secondary N) is 2. The lowest BCUT2D eigenvalue weighted by molar-refractivity contribution is 0.0957. The number of halogens is 2. The molecule has 4 rings (SSSR count). The summed E-state index contributed by atoms with van der Waals surface area (Å²) < 4.78 is 19.3. The van der Waals surface area contributed by atoms with Crippen molar-refractivity contribution in [3.63, 3.8) is 0 Å². The molecule has 0 spiro atoms. The molecule has 162 valence electrons. The number of carbonyl (C=O) groups is 2. The van der Waals surface area contributed by atoms with E-state index >= 15 is 0 Å². The lowest BCUT2D eigenvalue weighted by Gasteiger charge is -2.07.